The van der Waals surface area contributed by atoms with Crippen molar-refractivity contribution in [2.45, 2.75) is 32.2 Å². The molecule has 0 radical (unpaired) electrons. The first kappa shape index (κ1) is 18.2. The Kier molecular flexibility index (Phi) is 8.67. The van der Waals surface area contributed by atoms with Crippen LogP contribution in [0.3, 0.4) is 0 Å². The number of aliphatic hydroxyl groups is 1. The van der Waals surface area contributed by atoms with E-state index in [0.29, 0.717) is 26.2 Å². The lowest BCUT2D eigenvalue weighted by molar-refractivity contribution is 0.0116. The predicted octanol–water partition coefficient (Wildman–Crippen LogP) is 3.56. The SMILES string of the molecule is OCC#CCC(CCOCc1ccccc1)OCc1ccccc1. The predicted molar refractivity (Wildman–Crippen MR) is 95.2 cm³/mol. The van der Waals surface area contributed by atoms with Gasteiger partial charge in [0.2, 0.25) is 0 Å². The van der Waals surface area contributed by atoms with Crippen LogP contribution in [0.1, 0.15) is 24.0 Å². The summed E-state index contributed by atoms with van der Waals surface area (Å²) < 4.78 is 11.7. The van der Waals surface area contributed by atoms with E-state index in [1.165, 1.54) is 5.56 Å². The lowest BCUT2D eigenvalue weighted by Gasteiger charge is -2.16. The normalized spacial score (nSPS) is 11.5. The highest BCUT2D eigenvalue weighted by molar-refractivity contribution is 5.14. The summed E-state index contributed by atoms with van der Waals surface area (Å²) in [6.07, 6.45) is 1.38. The number of hydrogen-bond acceptors (Lipinski definition) is 3. The Bertz CT molecular complexity index is 614. The smallest absolute Gasteiger partial charge is 0.104 e. The van der Waals surface area contributed by atoms with Gasteiger partial charge in [-0.15, -0.1) is 0 Å². The van der Waals surface area contributed by atoms with Gasteiger partial charge in [0.25, 0.3) is 0 Å². The summed E-state index contributed by atoms with van der Waals surface area (Å²) in [6, 6.07) is 20.2. The van der Waals surface area contributed by atoms with E-state index >= 15 is 0 Å². The van der Waals surface area contributed by atoms with Crippen LogP contribution in [0.4, 0.5) is 0 Å². The second-order valence-electron chi connectivity index (χ2n) is 5.46. The molecule has 0 aliphatic rings. The Hall–Kier alpha value is -2.12. The van der Waals surface area contributed by atoms with Gasteiger partial charge in [0.05, 0.1) is 19.3 Å². The summed E-state index contributed by atoms with van der Waals surface area (Å²) in [6.45, 7) is 1.67. The van der Waals surface area contributed by atoms with Crippen LogP contribution < -0.4 is 0 Å². The molecule has 0 saturated carbocycles. The molecular weight excluding hydrogens is 300 g/mol. The third-order valence-corrected chi connectivity index (χ3v) is 3.56. The van der Waals surface area contributed by atoms with E-state index in [-0.39, 0.29) is 12.7 Å². The van der Waals surface area contributed by atoms with Gasteiger partial charge in [-0.05, 0) is 17.5 Å². The minimum atomic E-state index is -0.115. The fraction of sp³-hybridized carbons (Fsp3) is 0.333. The van der Waals surface area contributed by atoms with Gasteiger partial charge in [-0.1, -0.05) is 72.5 Å². The zero-order chi connectivity index (χ0) is 16.9. The van der Waals surface area contributed by atoms with E-state index in [2.05, 4.69) is 24.0 Å². The van der Waals surface area contributed by atoms with E-state index in [9.17, 15) is 0 Å². The fourth-order valence-corrected chi connectivity index (χ4v) is 2.25. The quantitative estimate of drug-likeness (QED) is 0.566. The van der Waals surface area contributed by atoms with Crippen LogP contribution in [-0.4, -0.2) is 24.4 Å². The maximum Gasteiger partial charge on any atom is 0.104 e. The van der Waals surface area contributed by atoms with Gasteiger partial charge in [0, 0.05) is 13.0 Å². The molecule has 2 rings (SSSR count). The number of rotatable bonds is 9. The molecule has 0 aromatic heterocycles. The van der Waals surface area contributed by atoms with Crippen molar-refractivity contribution in [3.63, 3.8) is 0 Å². The molecule has 1 N–H and O–H groups in total. The number of aliphatic hydroxyl groups excluding tert-OH is 1. The van der Waals surface area contributed by atoms with Gasteiger partial charge in [-0.25, -0.2) is 0 Å². The maximum atomic E-state index is 8.79. The third-order valence-electron chi connectivity index (χ3n) is 3.56. The lowest BCUT2D eigenvalue weighted by Crippen LogP contribution is -2.15. The van der Waals surface area contributed by atoms with Crippen molar-refractivity contribution in [3.05, 3.63) is 71.8 Å². The first-order valence-electron chi connectivity index (χ1n) is 8.22. The maximum absolute atomic E-state index is 8.79. The molecular formula is C21H24O3. The second kappa shape index (κ2) is 11.4. The minimum absolute atomic E-state index is 0.0000273. The number of ether oxygens (including phenoxy) is 2. The van der Waals surface area contributed by atoms with Gasteiger partial charge in [0.15, 0.2) is 0 Å². The van der Waals surface area contributed by atoms with Crippen molar-refractivity contribution in [1.82, 2.24) is 0 Å². The minimum Gasteiger partial charge on any atom is -0.384 e. The van der Waals surface area contributed by atoms with Crippen LogP contribution >= 0.6 is 0 Å². The highest BCUT2D eigenvalue weighted by atomic mass is 16.5. The van der Waals surface area contributed by atoms with E-state index in [0.717, 1.165) is 12.0 Å². The zero-order valence-corrected chi connectivity index (χ0v) is 13.9. The fourth-order valence-electron chi connectivity index (χ4n) is 2.25. The molecule has 0 spiro atoms. The summed E-state index contributed by atoms with van der Waals surface area (Å²) in [7, 11) is 0. The summed E-state index contributed by atoms with van der Waals surface area (Å²) in [5, 5.41) is 8.79. The van der Waals surface area contributed by atoms with Crippen LogP contribution in [0.25, 0.3) is 0 Å². The van der Waals surface area contributed by atoms with Crippen molar-refractivity contribution >= 4 is 0 Å². The van der Waals surface area contributed by atoms with E-state index in [1.54, 1.807) is 0 Å². The van der Waals surface area contributed by atoms with Crippen molar-refractivity contribution in [2.24, 2.45) is 0 Å². The van der Waals surface area contributed by atoms with Crippen LogP contribution in [0.2, 0.25) is 0 Å². The molecule has 24 heavy (non-hydrogen) atoms. The molecule has 0 aliphatic heterocycles. The van der Waals surface area contributed by atoms with Crippen molar-refractivity contribution in [1.29, 1.82) is 0 Å². The molecule has 2 aromatic rings. The first-order valence-corrected chi connectivity index (χ1v) is 8.22. The average Bonchev–Trinajstić information content (AvgIpc) is 2.64. The van der Waals surface area contributed by atoms with E-state index < -0.39 is 0 Å². The Morgan fingerprint density at radius 1 is 0.833 bits per heavy atom. The standard InChI is InChI=1S/C21H24O3/c22-15-8-7-13-21(24-18-20-11-5-2-6-12-20)14-16-23-17-19-9-3-1-4-10-19/h1-6,9-12,21-22H,13-18H2. The molecule has 0 aliphatic carbocycles. The average molecular weight is 324 g/mol. The van der Waals surface area contributed by atoms with Crippen molar-refractivity contribution in [3.8, 4) is 11.8 Å². The Morgan fingerprint density at radius 2 is 1.46 bits per heavy atom. The van der Waals surface area contributed by atoms with Crippen LogP contribution in [0, 0.1) is 11.8 Å². The van der Waals surface area contributed by atoms with Crippen LogP contribution in [0.15, 0.2) is 60.7 Å². The molecule has 0 bridgehead atoms. The van der Waals surface area contributed by atoms with Gasteiger partial charge in [0.1, 0.15) is 6.61 Å². The number of benzene rings is 2. The van der Waals surface area contributed by atoms with Gasteiger partial charge in [-0.3, -0.25) is 0 Å². The van der Waals surface area contributed by atoms with Gasteiger partial charge >= 0.3 is 0 Å². The molecule has 0 fully saturated rings. The molecule has 126 valence electrons. The molecule has 3 heteroatoms. The molecule has 2 aromatic carbocycles. The Morgan fingerprint density at radius 3 is 2.08 bits per heavy atom. The van der Waals surface area contributed by atoms with Gasteiger partial charge < -0.3 is 14.6 Å². The zero-order valence-electron chi connectivity index (χ0n) is 13.9. The van der Waals surface area contributed by atoms with Gasteiger partial charge in [-0.2, -0.15) is 0 Å². The molecule has 0 amide bonds. The van der Waals surface area contributed by atoms with E-state index in [1.807, 2.05) is 48.5 Å². The molecule has 1 atom stereocenters. The largest absolute Gasteiger partial charge is 0.384 e. The Balaban J connectivity index is 1.75. The molecule has 0 saturated heterocycles. The highest BCUT2D eigenvalue weighted by Gasteiger charge is 2.08. The van der Waals surface area contributed by atoms with Crippen molar-refractivity contribution in [2.75, 3.05) is 13.2 Å². The summed E-state index contributed by atoms with van der Waals surface area (Å²) in [4.78, 5) is 0. The highest BCUT2D eigenvalue weighted by Crippen LogP contribution is 2.10. The summed E-state index contributed by atoms with van der Waals surface area (Å²) in [5.74, 6) is 5.63. The Labute approximate surface area is 144 Å². The molecule has 3 nitrogen and oxygen atoms in total. The lowest BCUT2D eigenvalue weighted by atomic mass is 10.2. The molecule has 1 unspecified atom stereocenters. The summed E-state index contributed by atoms with van der Waals surface area (Å²) in [5.41, 5.74) is 2.31. The third kappa shape index (κ3) is 7.43. The van der Waals surface area contributed by atoms with Crippen LogP contribution in [0.5, 0.6) is 0 Å². The molecule has 0 heterocycles. The monoisotopic (exact) mass is 324 g/mol. The van der Waals surface area contributed by atoms with E-state index in [4.69, 9.17) is 14.6 Å². The topological polar surface area (TPSA) is 38.7 Å². The van der Waals surface area contributed by atoms with Crippen molar-refractivity contribution < 1.29 is 14.6 Å². The summed E-state index contributed by atoms with van der Waals surface area (Å²) >= 11 is 0. The number of hydrogen-bond donors (Lipinski definition) is 1. The first-order chi connectivity index (χ1) is 11.9. The second-order valence-corrected chi connectivity index (χ2v) is 5.46. The van der Waals surface area contributed by atoms with Crippen LogP contribution in [-0.2, 0) is 22.7 Å².